The molecule has 0 fully saturated rings. The minimum Gasteiger partial charge on any atom is -0.239 e. The molecule has 0 spiro atoms. The van der Waals surface area contributed by atoms with Gasteiger partial charge in [-0.25, -0.2) is 4.21 Å². The van der Waals surface area contributed by atoms with Gasteiger partial charge in [0.1, 0.15) is 9.73 Å². The molecular weight excluding hydrogens is 378 g/mol. The van der Waals surface area contributed by atoms with Gasteiger partial charge in [0, 0.05) is 0 Å². The van der Waals surface area contributed by atoms with Crippen LogP contribution >= 0.6 is 0 Å². The minimum atomic E-state index is -4.11. The lowest BCUT2D eigenvalue weighted by Crippen LogP contribution is -2.09. The van der Waals surface area contributed by atoms with E-state index in [9.17, 15) is 12.6 Å². The molecule has 0 saturated carbocycles. The highest BCUT2D eigenvalue weighted by Crippen LogP contribution is 2.30. The first-order valence-corrected chi connectivity index (χ1v) is 11.4. The molecule has 0 aliphatic rings. The van der Waals surface area contributed by atoms with Gasteiger partial charge in [0.2, 0.25) is 0 Å². The number of nitrogens with zero attached hydrogens (tertiary/aromatic N) is 1. The average molecular weight is 400 g/mol. The Hall–Kier alpha value is -2.44. The largest absolute Gasteiger partial charge is 0.290 e. The van der Waals surface area contributed by atoms with E-state index in [1.165, 1.54) is 12.1 Å². The lowest BCUT2D eigenvalue weighted by atomic mass is 10.2. The summed E-state index contributed by atoms with van der Waals surface area (Å²) in [5, 5.41) is 0. The third-order valence-electron chi connectivity index (χ3n) is 4.23. The van der Waals surface area contributed by atoms with Crippen LogP contribution in [-0.2, 0) is 19.8 Å². The van der Waals surface area contributed by atoms with Gasteiger partial charge in [-0.1, -0.05) is 51.8 Å². The van der Waals surface area contributed by atoms with Crippen LogP contribution in [-0.4, -0.2) is 12.6 Å². The molecule has 3 rings (SSSR count). The summed E-state index contributed by atoms with van der Waals surface area (Å²) in [6.07, 6.45) is 0. The van der Waals surface area contributed by atoms with Crippen molar-refractivity contribution in [3.05, 3.63) is 89.5 Å². The van der Waals surface area contributed by atoms with Gasteiger partial charge in [-0.15, -0.1) is 0 Å². The predicted octanol–water partition coefficient (Wildman–Crippen LogP) is 4.89. The van der Waals surface area contributed by atoms with E-state index in [0.717, 1.165) is 16.7 Å². The molecule has 1 atom stereocenters. The van der Waals surface area contributed by atoms with Gasteiger partial charge >= 0.3 is 0 Å². The van der Waals surface area contributed by atoms with Crippen molar-refractivity contribution in [2.45, 2.75) is 35.5 Å². The quantitative estimate of drug-likeness (QED) is 0.628. The molecule has 4 nitrogen and oxygen atoms in total. The Morgan fingerprint density at radius 3 is 1.89 bits per heavy atom. The van der Waals surface area contributed by atoms with E-state index < -0.39 is 19.8 Å². The van der Waals surface area contributed by atoms with Gasteiger partial charge in [0.05, 0.1) is 14.7 Å². The highest BCUT2D eigenvalue weighted by atomic mass is 32.3. The number of sulfonamides is 1. The number of benzene rings is 3. The zero-order chi connectivity index (χ0) is 19.7. The van der Waals surface area contributed by atoms with Crippen LogP contribution in [0.5, 0.6) is 0 Å². The first-order chi connectivity index (χ1) is 12.7. The van der Waals surface area contributed by atoms with E-state index in [0.29, 0.717) is 9.79 Å². The third-order valence-corrected chi connectivity index (χ3v) is 8.67. The molecule has 0 saturated heterocycles. The van der Waals surface area contributed by atoms with E-state index >= 15 is 0 Å². The molecule has 6 heteroatoms. The van der Waals surface area contributed by atoms with E-state index in [-0.39, 0.29) is 4.90 Å². The summed E-state index contributed by atoms with van der Waals surface area (Å²) < 4.78 is 44.0. The summed E-state index contributed by atoms with van der Waals surface area (Å²) >= 11 is 0. The smallest absolute Gasteiger partial charge is 0.239 e. The van der Waals surface area contributed by atoms with Crippen LogP contribution in [0.2, 0.25) is 0 Å². The van der Waals surface area contributed by atoms with Crippen molar-refractivity contribution in [2.75, 3.05) is 0 Å². The highest BCUT2D eigenvalue weighted by Gasteiger charge is 2.24. The lowest BCUT2D eigenvalue weighted by Gasteiger charge is -2.14. The Bertz CT molecular complexity index is 1190. The molecule has 140 valence electrons. The predicted molar refractivity (Wildman–Crippen MR) is 108 cm³/mol. The van der Waals surface area contributed by atoms with E-state index in [4.69, 9.17) is 0 Å². The number of hydrogen-bond acceptors (Lipinski definition) is 3. The van der Waals surface area contributed by atoms with Crippen molar-refractivity contribution < 1.29 is 12.6 Å². The molecule has 3 aromatic carbocycles. The monoisotopic (exact) mass is 399 g/mol. The van der Waals surface area contributed by atoms with Crippen molar-refractivity contribution >= 4 is 19.8 Å². The molecule has 0 heterocycles. The van der Waals surface area contributed by atoms with Crippen LogP contribution in [0.3, 0.4) is 0 Å². The zero-order valence-corrected chi connectivity index (χ0v) is 17.0. The minimum absolute atomic E-state index is 0.0297. The van der Waals surface area contributed by atoms with Crippen LogP contribution in [0.25, 0.3) is 0 Å². The molecular formula is C21H21NO3S2. The standard InChI is InChI=1S/C21H21NO3S2/c1-16-10-13-20(14-11-16)27(24,25)22-26(23,19-7-5-4-6-8-19)21-15-17(2)9-12-18(21)3/h4-15H,1-3H3. The summed E-state index contributed by atoms with van der Waals surface area (Å²) in [4.78, 5) is 0.820. The second-order valence-corrected chi connectivity index (χ2v) is 10.5. The Morgan fingerprint density at radius 2 is 1.26 bits per heavy atom. The summed E-state index contributed by atoms with van der Waals surface area (Å²) in [6.45, 7) is 5.56. The highest BCUT2D eigenvalue weighted by molar-refractivity contribution is 8.03. The molecule has 0 N–H and O–H groups in total. The van der Waals surface area contributed by atoms with Crippen LogP contribution in [0.15, 0.2) is 91.3 Å². The second-order valence-electron chi connectivity index (χ2n) is 6.47. The fraction of sp³-hybridized carbons (Fsp3) is 0.143. The topological polar surface area (TPSA) is 63.6 Å². The Balaban J connectivity index is 2.34. The molecule has 1 unspecified atom stereocenters. The number of hydrogen-bond donors (Lipinski definition) is 0. The maximum absolute atomic E-state index is 14.1. The number of aryl methyl sites for hydroxylation is 3. The molecule has 0 aromatic heterocycles. The first kappa shape index (κ1) is 19.3. The van der Waals surface area contributed by atoms with Crippen LogP contribution in [0.4, 0.5) is 0 Å². The summed E-state index contributed by atoms with van der Waals surface area (Å²) in [5.41, 5.74) is 2.56. The van der Waals surface area contributed by atoms with Crippen molar-refractivity contribution in [1.29, 1.82) is 0 Å². The van der Waals surface area contributed by atoms with Crippen molar-refractivity contribution in [3.63, 3.8) is 0 Å². The van der Waals surface area contributed by atoms with Crippen LogP contribution in [0.1, 0.15) is 16.7 Å². The number of rotatable bonds is 4. The van der Waals surface area contributed by atoms with Crippen LogP contribution in [0, 0.1) is 20.8 Å². The summed E-state index contributed by atoms with van der Waals surface area (Å²) in [6, 6.07) is 20.4. The summed E-state index contributed by atoms with van der Waals surface area (Å²) in [5.74, 6) is 0. The SMILES string of the molecule is Cc1ccc(S(=O)(=O)N=S(=O)(c2ccccc2)c2cc(C)ccc2C)cc1. The van der Waals surface area contributed by atoms with Crippen molar-refractivity contribution in [3.8, 4) is 0 Å². The molecule has 0 bridgehead atoms. The van der Waals surface area contributed by atoms with Gasteiger partial charge in [0.25, 0.3) is 10.0 Å². The maximum atomic E-state index is 14.1. The fourth-order valence-electron chi connectivity index (χ4n) is 2.71. The fourth-order valence-corrected chi connectivity index (χ4v) is 6.94. The van der Waals surface area contributed by atoms with Gasteiger partial charge in [0.15, 0.2) is 0 Å². The zero-order valence-electron chi connectivity index (χ0n) is 15.4. The molecule has 0 aliphatic heterocycles. The first-order valence-electron chi connectivity index (χ1n) is 8.45. The van der Waals surface area contributed by atoms with E-state index in [1.54, 1.807) is 48.5 Å². The summed E-state index contributed by atoms with van der Waals surface area (Å²) in [7, 11) is -7.49. The maximum Gasteiger partial charge on any atom is 0.290 e. The van der Waals surface area contributed by atoms with Crippen molar-refractivity contribution in [1.82, 2.24) is 0 Å². The third kappa shape index (κ3) is 3.96. The average Bonchev–Trinajstić information content (AvgIpc) is 2.64. The van der Waals surface area contributed by atoms with E-state index in [1.807, 2.05) is 32.9 Å². The molecule has 0 aliphatic carbocycles. The lowest BCUT2D eigenvalue weighted by molar-refractivity contribution is 0.598. The van der Waals surface area contributed by atoms with Gasteiger partial charge in [-0.05, 0) is 62.2 Å². The van der Waals surface area contributed by atoms with Gasteiger partial charge in [-0.3, -0.25) is 0 Å². The van der Waals surface area contributed by atoms with Gasteiger partial charge < -0.3 is 0 Å². The van der Waals surface area contributed by atoms with Crippen molar-refractivity contribution in [2.24, 2.45) is 3.77 Å². The Kier molecular flexibility index (Phi) is 5.22. The molecule has 3 aromatic rings. The normalized spacial score (nSPS) is 13.7. The molecule has 0 amide bonds. The Labute approximate surface area is 161 Å². The Morgan fingerprint density at radius 1 is 0.667 bits per heavy atom. The molecule has 27 heavy (non-hydrogen) atoms. The second kappa shape index (κ2) is 7.29. The molecule has 0 radical (unpaired) electrons. The van der Waals surface area contributed by atoms with Crippen LogP contribution < -0.4 is 0 Å². The van der Waals surface area contributed by atoms with E-state index in [2.05, 4.69) is 3.77 Å². The van der Waals surface area contributed by atoms with Gasteiger partial charge in [-0.2, -0.15) is 8.42 Å².